The summed E-state index contributed by atoms with van der Waals surface area (Å²) >= 11 is 0. The highest BCUT2D eigenvalue weighted by Crippen LogP contribution is 2.29. The molecule has 1 aliphatic heterocycles. The average molecular weight is 275 g/mol. The summed E-state index contributed by atoms with van der Waals surface area (Å²) in [7, 11) is 0. The first-order valence-corrected chi connectivity index (χ1v) is 7.38. The van der Waals surface area contributed by atoms with E-state index in [2.05, 4.69) is 15.2 Å². The highest BCUT2D eigenvalue weighted by molar-refractivity contribution is 5.99. The number of nitrogens with zero attached hydrogens (tertiary/aromatic N) is 1. The van der Waals surface area contributed by atoms with Crippen molar-refractivity contribution in [2.24, 2.45) is 0 Å². The van der Waals surface area contributed by atoms with Crippen molar-refractivity contribution in [2.75, 3.05) is 13.1 Å². The van der Waals surface area contributed by atoms with Crippen LogP contribution in [0.2, 0.25) is 0 Å². The van der Waals surface area contributed by atoms with E-state index in [-0.39, 0.29) is 17.7 Å². The van der Waals surface area contributed by atoms with Gasteiger partial charge in [0.05, 0.1) is 0 Å². The molecule has 5 nitrogen and oxygen atoms in total. The average Bonchev–Trinajstić information content (AvgIpc) is 3.15. The number of piperidine rings is 1. The van der Waals surface area contributed by atoms with Crippen molar-refractivity contribution in [1.82, 2.24) is 15.2 Å². The lowest BCUT2D eigenvalue weighted by molar-refractivity contribution is 0.0904. The molecular weight excluding hydrogens is 254 g/mol. The molecule has 20 heavy (non-hydrogen) atoms. The fourth-order valence-electron chi connectivity index (χ4n) is 2.84. The highest BCUT2D eigenvalue weighted by Gasteiger charge is 2.32. The number of hydrogen-bond donors (Lipinski definition) is 2. The fraction of sp³-hybridized carbons (Fsp3) is 0.600. The third-order valence-electron chi connectivity index (χ3n) is 4.26. The van der Waals surface area contributed by atoms with Crippen molar-refractivity contribution in [1.29, 1.82) is 0 Å². The zero-order chi connectivity index (χ0) is 14.1. The van der Waals surface area contributed by atoms with Crippen LogP contribution in [0.15, 0.2) is 12.3 Å². The molecule has 2 heterocycles. The summed E-state index contributed by atoms with van der Waals surface area (Å²) in [6.07, 6.45) is 6.30. The third kappa shape index (κ3) is 2.93. The van der Waals surface area contributed by atoms with E-state index in [1.165, 1.54) is 19.8 Å². The molecule has 1 aromatic heterocycles. The number of ketones is 1. The minimum atomic E-state index is -0.109. The van der Waals surface area contributed by atoms with E-state index in [9.17, 15) is 9.59 Å². The van der Waals surface area contributed by atoms with Gasteiger partial charge in [-0.2, -0.15) is 0 Å². The van der Waals surface area contributed by atoms with Crippen LogP contribution < -0.4 is 5.32 Å². The van der Waals surface area contributed by atoms with Crippen molar-refractivity contribution in [3.63, 3.8) is 0 Å². The summed E-state index contributed by atoms with van der Waals surface area (Å²) in [5, 5.41) is 3.06. The zero-order valence-corrected chi connectivity index (χ0v) is 11.8. The van der Waals surface area contributed by atoms with Gasteiger partial charge in [0.25, 0.3) is 5.91 Å². The van der Waals surface area contributed by atoms with Crippen molar-refractivity contribution in [2.45, 2.75) is 44.7 Å². The van der Waals surface area contributed by atoms with E-state index in [4.69, 9.17) is 0 Å². The van der Waals surface area contributed by atoms with Crippen LogP contribution in [-0.2, 0) is 0 Å². The number of hydrogen-bond acceptors (Lipinski definition) is 3. The maximum Gasteiger partial charge on any atom is 0.267 e. The van der Waals surface area contributed by atoms with Gasteiger partial charge >= 0.3 is 0 Å². The first-order chi connectivity index (χ1) is 9.63. The van der Waals surface area contributed by atoms with Gasteiger partial charge in [0, 0.05) is 36.9 Å². The van der Waals surface area contributed by atoms with Crippen LogP contribution in [0.4, 0.5) is 0 Å². The van der Waals surface area contributed by atoms with E-state index in [1.807, 2.05) is 0 Å². The van der Waals surface area contributed by atoms with Crippen LogP contribution in [0.5, 0.6) is 0 Å². The molecule has 0 bridgehead atoms. The Labute approximate surface area is 118 Å². The molecule has 2 aliphatic rings. The molecule has 0 aromatic carbocycles. The first kappa shape index (κ1) is 13.4. The van der Waals surface area contributed by atoms with E-state index in [1.54, 1.807) is 12.3 Å². The Morgan fingerprint density at radius 1 is 1.25 bits per heavy atom. The van der Waals surface area contributed by atoms with Gasteiger partial charge in [-0.05, 0) is 38.7 Å². The van der Waals surface area contributed by atoms with Gasteiger partial charge in [-0.1, -0.05) is 0 Å². The van der Waals surface area contributed by atoms with E-state index in [0.29, 0.717) is 11.3 Å². The number of likely N-dealkylation sites (tertiary alicyclic amines) is 1. The Kier molecular flexibility index (Phi) is 3.61. The van der Waals surface area contributed by atoms with Crippen LogP contribution in [0, 0.1) is 0 Å². The molecule has 3 rings (SSSR count). The van der Waals surface area contributed by atoms with Crippen LogP contribution >= 0.6 is 0 Å². The molecule has 1 amide bonds. The van der Waals surface area contributed by atoms with E-state index >= 15 is 0 Å². The normalized spacial score (nSPS) is 20.9. The number of nitrogens with one attached hydrogen (secondary N) is 2. The van der Waals surface area contributed by atoms with Crippen molar-refractivity contribution in [3.05, 3.63) is 23.5 Å². The smallest absolute Gasteiger partial charge is 0.267 e. The van der Waals surface area contributed by atoms with Crippen LogP contribution in [0.3, 0.4) is 0 Å². The quantitative estimate of drug-likeness (QED) is 0.820. The molecule has 108 valence electrons. The Bertz CT molecular complexity index is 511. The number of Topliss-reactive ketones (excluding diaryl/α,β-unsaturated/α-hetero) is 1. The highest BCUT2D eigenvalue weighted by atomic mass is 16.2. The Balaban J connectivity index is 1.52. The standard InChI is InChI=1S/C15H21N3O2/c1-10(19)11-8-14(16-9-11)15(20)17-12-4-6-18(7-5-12)13-2-3-13/h8-9,12-13,16H,2-7H2,1H3,(H,17,20). The third-order valence-corrected chi connectivity index (χ3v) is 4.26. The maximum absolute atomic E-state index is 12.1. The molecule has 0 unspecified atom stereocenters. The molecular formula is C15H21N3O2. The molecule has 1 aromatic rings. The van der Waals surface area contributed by atoms with Gasteiger partial charge in [-0.3, -0.25) is 9.59 Å². The lowest BCUT2D eigenvalue weighted by Crippen LogP contribution is -2.45. The van der Waals surface area contributed by atoms with Gasteiger partial charge in [0.1, 0.15) is 5.69 Å². The summed E-state index contributed by atoms with van der Waals surface area (Å²) < 4.78 is 0. The van der Waals surface area contributed by atoms with Gasteiger partial charge in [-0.25, -0.2) is 0 Å². The van der Waals surface area contributed by atoms with Gasteiger partial charge < -0.3 is 15.2 Å². The molecule has 1 saturated heterocycles. The Morgan fingerprint density at radius 2 is 1.95 bits per heavy atom. The molecule has 1 saturated carbocycles. The minimum Gasteiger partial charge on any atom is -0.356 e. The molecule has 0 spiro atoms. The number of rotatable bonds is 4. The molecule has 2 fully saturated rings. The van der Waals surface area contributed by atoms with Crippen LogP contribution in [0.1, 0.15) is 53.5 Å². The molecule has 1 aliphatic carbocycles. The Morgan fingerprint density at radius 3 is 2.50 bits per heavy atom. The van der Waals surface area contributed by atoms with Gasteiger partial charge in [0.15, 0.2) is 5.78 Å². The molecule has 0 atom stereocenters. The second-order valence-electron chi connectivity index (χ2n) is 5.87. The summed E-state index contributed by atoms with van der Waals surface area (Å²) in [4.78, 5) is 28.7. The molecule has 2 N–H and O–H groups in total. The van der Waals surface area contributed by atoms with Gasteiger partial charge in [0.2, 0.25) is 0 Å². The number of carbonyl (C=O) groups excluding carboxylic acids is 2. The number of amides is 1. The lowest BCUT2D eigenvalue weighted by Gasteiger charge is -2.32. The summed E-state index contributed by atoms with van der Waals surface area (Å²) in [5.41, 5.74) is 1.03. The van der Waals surface area contributed by atoms with Crippen molar-refractivity contribution < 1.29 is 9.59 Å². The maximum atomic E-state index is 12.1. The summed E-state index contributed by atoms with van der Waals surface area (Å²) in [5.74, 6) is -0.139. The second-order valence-corrected chi connectivity index (χ2v) is 5.87. The van der Waals surface area contributed by atoms with E-state index < -0.39 is 0 Å². The minimum absolute atomic E-state index is 0.0296. The lowest BCUT2D eigenvalue weighted by atomic mass is 10.0. The number of aromatic nitrogens is 1. The van der Waals surface area contributed by atoms with Crippen LogP contribution in [-0.4, -0.2) is 46.7 Å². The van der Waals surface area contributed by atoms with E-state index in [0.717, 1.165) is 32.0 Å². The SMILES string of the molecule is CC(=O)c1c[nH]c(C(=O)NC2CCN(C3CC3)CC2)c1. The number of aromatic amines is 1. The predicted octanol–water partition coefficient (Wildman–Crippen LogP) is 1.57. The second kappa shape index (κ2) is 5.40. The van der Waals surface area contributed by atoms with Crippen molar-refractivity contribution >= 4 is 11.7 Å². The molecule has 5 heteroatoms. The van der Waals surface area contributed by atoms with Crippen LogP contribution in [0.25, 0.3) is 0 Å². The summed E-state index contributed by atoms with van der Waals surface area (Å²) in [6, 6.07) is 2.69. The first-order valence-electron chi connectivity index (χ1n) is 7.38. The van der Waals surface area contributed by atoms with Crippen molar-refractivity contribution in [3.8, 4) is 0 Å². The predicted molar refractivity (Wildman–Crippen MR) is 75.9 cm³/mol. The monoisotopic (exact) mass is 275 g/mol. The molecule has 0 radical (unpaired) electrons. The number of H-pyrrole nitrogens is 1. The topological polar surface area (TPSA) is 65.2 Å². The summed E-state index contributed by atoms with van der Waals surface area (Å²) in [6.45, 7) is 3.66. The Hall–Kier alpha value is -1.62. The number of carbonyl (C=O) groups is 2. The fourth-order valence-corrected chi connectivity index (χ4v) is 2.84. The largest absolute Gasteiger partial charge is 0.356 e. The zero-order valence-electron chi connectivity index (χ0n) is 11.8. The van der Waals surface area contributed by atoms with Gasteiger partial charge in [-0.15, -0.1) is 0 Å².